The lowest BCUT2D eigenvalue weighted by atomic mass is 10.1. The van der Waals surface area contributed by atoms with E-state index in [-0.39, 0.29) is 11.9 Å². The van der Waals surface area contributed by atoms with Crippen LogP contribution < -0.4 is 5.32 Å². The third-order valence-electron chi connectivity index (χ3n) is 2.95. The normalized spacial score (nSPS) is 11.9. The van der Waals surface area contributed by atoms with E-state index in [1.54, 1.807) is 12.4 Å². The summed E-state index contributed by atoms with van der Waals surface area (Å²) in [6.07, 6.45) is 3.48. The van der Waals surface area contributed by atoms with Crippen LogP contribution in [-0.4, -0.2) is 10.9 Å². The van der Waals surface area contributed by atoms with Crippen LogP contribution in [0.3, 0.4) is 0 Å². The van der Waals surface area contributed by atoms with E-state index in [0.717, 1.165) is 15.6 Å². The van der Waals surface area contributed by atoms with Crippen LogP contribution in [-0.2, 0) is 0 Å². The minimum Gasteiger partial charge on any atom is -0.345 e. The lowest BCUT2D eigenvalue weighted by Gasteiger charge is -2.14. The van der Waals surface area contributed by atoms with E-state index in [2.05, 4.69) is 26.2 Å². The number of benzene rings is 1. The van der Waals surface area contributed by atoms with Gasteiger partial charge in [-0.2, -0.15) is 0 Å². The fourth-order valence-corrected chi connectivity index (χ4v) is 2.03. The maximum Gasteiger partial charge on any atom is 0.251 e. The Bertz CT molecular complexity index is 584. The van der Waals surface area contributed by atoms with Gasteiger partial charge >= 0.3 is 0 Å². The van der Waals surface area contributed by atoms with Crippen LogP contribution in [0.2, 0.25) is 0 Å². The van der Waals surface area contributed by atoms with Gasteiger partial charge in [-0.25, -0.2) is 0 Å². The summed E-state index contributed by atoms with van der Waals surface area (Å²) in [5, 5.41) is 2.96. The molecule has 0 spiro atoms. The Hall–Kier alpha value is -1.68. The zero-order chi connectivity index (χ0) is 13.8. The summed E-state index contributed by atoms with van der Waals surface area (Å²) in [5.74, 6) is -0.0769. The predicted molar refractivity (Wildman–Crippen MR) is 79.0 cm³/mol. The van der Waals surface area contributed by atoms with Crippen LogP contribution in [0, 0.1) is 6.92 Å². The molecule has 0 aliphatic carbocycles. The van der Waals surface area contributed by atoms with Crippen LogP contribution in [0.1, 0.15) is 34.5 Å². The van der Waals surface area contributed by atoms with Crippen LogP contribution in [0.5, 0.6) is 0 Å². The van der Waals surface area contributed by atoms with Crippen molar-refractivity contribution in [3.05, 3.63) is 63.9 Å². The quantitative estimate of drug-likeness (QED) is 0.938. The van der Waals surface area contributed by atoms with Crippen molar-refractivity contribution in [3.8, 4) is 0 Å². The van der Waals surface area contributed by atoms with Crippen molar-refractivity contribution in [2.45, 2.75) is 19.9 Å². The molecule has 0 bridgehead atoms. The molecule has 0 aliphatic heterocycles. The van der Waals surface area contributed by atoms with Gasteiger partial charge < -0.3 is 5.32 Å². The number of carbonyl (C=O) groups is 1. The largest absolute Gasteiger partial charge is 0.345 e. The Morgan fingerprint density at radius 1 is 1.37 bits per heavy atom. The molecule has 1 amide bonds. The van der Waals surface area contributed by atoms with Crippen molar-refractivity contribution in [1.29, 1.82) is 0 Å². The third-order valence-corrected chi connectivity index (χ3v) is 3.84. The number of halogens is 1. The van der Waals surface area contributed by atoms with E-state index in [0.29, 0.717) is 5.56 Å². The molecule has 19 heavy (non-hydrogen) atoms. The van der Waals surface area contributed by atoms with Crippen LogP contribution in [0.25, 0.3) is 0 Å². The maximum atomic E-state index is 12.1. The fraction of sp³-hybridized carbons (Fsp3) is 0.200. The number of rotatable bonds is 3. The fourth-order valence-electron chi connectivity index (χ4n) is 1.78. The van der Waals surface area contributed by atoms with Crippen molar-refractivity contribution < 1.29 is 4.79 Å². The highest BCUT2D eigenvalue weighted by Gasteiger charge is 2.12. The smallest absolute Gasteiger partial charge is 0.251 e. The van der Waals surface area contributed by atoms with Gasteiger partial charge in [-0.05, 0) is 49.2 Å². The van der Waals surface area contributed by atoms with Gasteiger partial charge in [-0.15, -0.1) is 0 Å². The van der Waals surface area contributed by atoms with Crippen LogP contribution >= 0.6 is 15.9 Å². The second-order valence-corrected chi connectivity index (χ2v) is 5.30. The summed E-state index contributed by atoms with van der Waals surface area (Å²) in [4.78, 5) is 16.2. The molecule has 1 atom stereocenters. The maximum absolute atomic E-state index is 12.1. The standard InChI is InChI=1S/C15H15BrN2O/c1-10-8-12(5-6-14(10)16)15(19)18-11(2)13-4-3-7-17-9-13/h3-9,11H,1-2H3,(H,18,19). The monoisotopic (exact) mass is 318 g/mol. The van der Waals surface area contributed by atoms with Gasteiger partial charge in [0.1, 0.15) is 0 Å². The van der Waals surface area contributed by atoms with Gasteiger partial charge in [0.15, 0.2) is 0 Å². The summed E-state index contributed by atoms with van der Waals surface area (Å²) in [6, 6.07) is 9.31. The average molecular weight is 319 g/mol. The Balaban J connectivity index is 2.11. The number of aromatic nitrogens is 1. The Morgan fingerprint density at radius 2 is 2.16 bits per heavy atom. The third kappa shape index (κ3) is 3.41. The number of nitrogens with zero attached hydrogens (tertiary/aromatic N) is 1. The molecule has 4 heteroatoms. The van der Waals surface area contributed by atoms with E-state index >= 15 is 0 Å². The average Bonchev–Trinajstić information content (AvgIpc) is 2.42. The Labute approximate surface area is 121 Å². The van der Waals surface area contributed by atoms with Gasteiger partial charge in [0.2, 0.25) is 0 Å². The second kappa shape index (κ2) is 5.97. The molecule has 0 saturated heterocycles. The van der Waals surface area contributed by atoms with E-state index < -0.39 is 0 Å². The number of aryl methyl sites for hydroxylation is 1. The summed E-state index contributed by atoms with van der Waals surface area (Å²) in [7, 11) is 0. The van der Waals surface area contributed by atoms with Crippen molar-refractivity contribution in [1.82, 2.24) is 10.3 Å². The van der Waals surface area contributed by atoms with Gasteiger partial charge in [0.25, 0.3) is 5.91 Å². The summed E-state index contributed by atoms with van der Waals surface area (Å²) in [6.45, 7) is 3.91. The van der Waals surface area contributed by atoms with Crippen molar-refractivity contribution in [3.63, 3.8) is 0 Å². The van der Waals surface area contributed by atoms with Gasteiger partial charge in [-0.3, -0.25) is 9.78 Å². The first-order valence-corrected chi connectivity index (χ1v) is 6.84. The van der Waals surface area contributed by atoms with Crippen molar-refractivity contribution in [2.75, 3.05) is 0 Å². The van der Waals surface area contributed by atoms with Gasteiger partial charge in [0, 0.05) is 22.4 Å². The number of hydrogen-bond donors (Lipinski definition) is 1. The zero-order valence-corrected chi connectivity index (χ0v) is 12.4. The minimum atomic E-state index is -0.0769. The topological polar surface area (TPSA) is 42.0 Å². The minimum absolute atomic E-state index is 0.0647. The molecule has 1 aromatic heterocycles. The zero-order valence-electron chi connectivity index (χ0n) is 10.9. The van der Waals surface area contributed by atoms with E-state index in [1.165, 1.54) is 0 Å². The number of amides is 1. The van der Waals surface area contributed by atoms with E-state index in [9.17, 15) is 4.79 Å². The number of nitrogens with one attached hydrogen (secondary N) is 1. The highest BCUT2D eigenvalue weighted by atomic mass is 79.9. The molecular weight excluding hydrogens is 304 g/mol. The predicted octanol–water partition coefficient (Wildman–Crippen LogP) is 3.64. The lowest BCUT2D eigenvalue weighted by molar-refractivity contribution is 0.0939. The SMILES string of the molecule is Cc1cc(C(=O)NC(C)c2cccnc2)ccc1Br. The Kier molecular flexibility index (Phi) is 4.32. The molecule has 98 valence electrons. The summed E-state index contributed by atoms with van der Waals surface area (Å²) >= 11 is 3.43. The molecule has 1 unspecified atom stereocenters. The van der Waals surface area contributed by atoms with E-state index in [4.69, 9.17) is 0 Å². The number of hydrogen-bond acceptors (Lipinski definition) is 2. The molecule has 0 aliphatic rings. The molecule has 0 saturated carbocycles. The molecule has 3 nitrogen and oxygen atoms in total. The van der Waals surface area contributed by atoms with Crippen LogP contribution in [0.4, 0.5) is 0 Å². The first-order valence-electron chi connectivity index (χ1n) is 6.05. The van der Waals surface area contributed by atoms with Gasteiger partial charge in [0.05, 0.1) is 6.04 Å². The van der Waals surface area contributed by atoms with Crippen molar-refractivity contribution in [2.24, 2.45) is 0 Å². The molecule has 1 aromatic carbocycles. The second-order valence-electron chi connectivity index (χ2n) is 4.45. The molecule has 2 rings (SSSR count). The highest BCUT2D eigenvalue weighted by Crippen LogP contribution is 2.18. The molecule has 0 radical (unpaired) electrons. The summed E-state index contributed by atoms with van der Waals surface area (Å²) in [5.41, 5.74) is 2.70. The van der Waals surface area contributed by atoms with Crippen LogP contribution in [0.15, 0.2) is 47.2 Å². The van der Waals surface area contributed by atoms with E-state index in [1.807, 2.05) is 44.2 Å². The molecule has 1 heterocycles. The lowest BCUT2D eigenvalue weighted by Crippen LogP contribution is -2.26. The Morgan fingerprint density at radius 3 is 2.79 bits per heavy atom. The first kappa shape index (κ1) is 13.7. The van der Waals surface area contributed by atoms with Crippen molar-refractivity contribution >= 4 is 21.8 Å². The molecule has 0 fully saturated rings. The molecule has 2 aromatic rings. The summed E-state index contributed by atoms with van der Waals surface area (Å²) < 4.78 is 1.00. The number of carbonyl (C=O) groups excluding carboxylic acids is 1. The number of pyridine rings is 1. The molecular formula is C15H15BrN2O. The van der Waals surface area contributed by atoms with Gasteiger partial charge in [-0.1, -0.05) is 22.0 Å². The molecule has 1 N–H and O–H groups in total. The highest BCUT2D eigenvalue weighted by molar-refractivity contribution is 9.10. The first-order chi connectivity index (χ1) is 9.08.